The lowest BCUT2D eigenvalue weighted by atomic mass is 10.2. The first kappa shape index (κ1) is 9.98. The van der Waals surface area contributed by atoms with Gasteiger partial charge in [-0.15, -0.1) is 0 Å². The first-order valence-electron chi connectivity index (χ1n) is 3.65. The summed E-state index contributed by atoms with van der Waals surface area (Å²) >= 11 is 5.22. The van der Waals surface area contributed by atoms with Gasteiger partial charge in [0.1, 0.15) is 6.10 Å². The summed E-state index contributed by atoms with van der Waals surface area (Å²) in [6.07, 6.45) is -1.50. The molecule has 0 saturated carbocycles. The minimum atomic E-state index is -0.994. The molecule has 0 radical (unpaired) electrons. The predicted octanol–water partition coefficient (Wildman–Crippen LogP) is 0.508. The minimum Gasteiger partial charge on any atom is -0.443 e. The summed E-state index contributed by atoms with van der Waals surface area (Å²) in [5, 5.41) is -0.770. The van der Waals surface area contributed by atoms with Gasteiger partial charge in [-0.1, -0.05) is 0 Å². The van der Waals surface area contributed by atoms with Crippen LogP contribution in [0.1, 0.15) is 13.8 Å². The molecule has 1 aliphatic rings. The fourth-order valence-corrected chi connectivity index (χ4v) is 1.49. The van der Waals surface area contributed by atoms with Crippen LogP contribution in [0.15, 0.2) is 0 Å². The molecule has 0 N–H and O–H groups in total. The number of nitrogens with zero attached hydrogens (tertiary/aromatic N) is 1. The number of carbonyl (C=O) groups excluding carboxylic acids is 3. The smallest absolute Gasteiger partial charge is 0.417 e. The van der Waals surface area contributed by atoms with E-state index in [-0.39, 0.29) is 0 Å². The summed E-state index contributed by atoms with van der Waals surface area (Å²) in [7, 11) is 0. The highest BCUT2D eigenvalue weighted by Crippen LogP contribution is 2.21. The fourth-order valence-electron chi connectivity index (χ4n) is 1.21. The molecule has 1 rings (SSSR count). The van der Waals surface area contributed by atoms with Crippen molar-refractivity contribution in [2.24, 2.45) is 0 Å². The molecule has 6 heteroatoms. The zero-order chi connectivity index (χ0) is 10.2. The highest BCUT2D eigenvalue weighted by molar-refractivity contribution is 6.65. The molecular formula is C7H8ClNO4. The van der Waals surface area contributed by atoms with E-state index >= 15 is 0 Å². The van der Waals surface area contributed by atoms with Gasteiger partial charge in [-0.05, 0) is 18.5 Å². The van der Waals surface area contributed by atoms with Crippen molar-refractivity contribution in [2.75, 3.05) is 0 Å². The maximum absolute atomic E-state index is 11.0. The molecule has 72 valence electrons. The second kappa shape index (κ2) is 3.33. The normalized spacial score (nSPS) is 27.3. The van der Waals surface area contributed by atoms with Crippen LogP contribution >= 0.6 is 11.6 Å². The number of hydrogen-bond donors (Lipinski definition) is 0. The Labute approximate surface area is 79.6 Å². The van der Waals surface area contributed by atoms with E-state index in [1.165, 1.54) is 13.8 Å². The lowest BCUT2D eigenvalue weighted by Crippen LogP contribution is -2.42. The standard InChI is InChI=1S/C7H8ClNO4/c1-3-5(6(8)11)9(4(2)10)7(12)13-3/h3,5H,1-2H3/t3-,5+/m1/s1. The number of rotatable bonds is 1. The van der Waals surface area contributed by atoms with Gasteiger partial charge in [0.05, 0.1) is 0 Å². The zero-order valence-corrected chi connectivity index (χ0v) is 7.87. The van der Waals surface area contributed by atoms with Crippen molar-refractivity contribution in [1.29, 1.82) is 0 Å². The molecule has 1 heterocycles. The van der Waals surface area contributed by atoms with Gasteiger partial charge in [0.15, 0.2) is 6.04 Å². The van der Waals surface area contributed by atoms with Gasteiger partial charge in [-0.2, -0.15) is 0 Å². The van der Waals surface area contributed by atoms with Crippen LogP contribution < -0.4 is 0 Å². The number of cyclic esters (lactones) is 1. The van der Waals surface area contributed by atoms with E-state index in [1.54, 1.807) is 0 Å². The number of amides is 2. The average Bonchev–Trinajstić information content (AvgIpc) is 2.24. The summed E-state index contributed by atoms with van der Waals surface area (Å²) in [4.78, 5) is 33.5. The van der Waals surface area contributed by atoms with Crippen LogP contribution in [0, 0.1) is 0 Å². The Balaban J connectivity index is 2.96. The van der Waals surface area contributed by atoms with Crippen LogP contribution in [0.5, 0.6) is 0 Å². The van der Waals surface area contributed by atoms with Crippen LogP contribution in [0.4, 0.5) is 4.79 Å². The Morgan fingerprint density at radius 1 is 1.54 bits per heavy atom. The fraction of sp³-hybridized carbons (Fsp3) is 0.571. The Morgan fingerprint density at radius 2 is 2.08 bits per heavy atom. The maximum atomic E-state index is 11.0. The third kappa shape index (κ3) is 1.65. The highest BCUT2D eigenvalue weighted by Gasteiger charge is 2.45. The van der Waals surface area contributed by atoms with E-state index in [0.717, 1.165) is 4.90 Å². The largest absolute Gasteiger partial charge is 0.443 e. The van der Waals surface area contributed by atoms with E-state index in [1.807, 2.05) is 0 Å². The van der Waals surface area contributed by atoms with Gasteiger partial charge >= 0.3 is 6.09 Å². The summed E-state index contributed by atoms with van der Waals surface area (Å²) in [6, 6.07) is -0.994. The van der Waals surface area contributed by atoms with Gasteiger partial charge in [-0.3, -0.25) is 9.59 Å². The van der Waals surface area contributed by atoms with Crippen molar-refractivity contribution >= 4 is 28.8 Å². The van der Waals surface area contributed by atoms with Crippen molar-refractivity contribution in [3.05, 3.63) is 0 Å². The third-order valence-electron chi connectivity index (χ3n) is 1.78. The molecule has 1 fully saturated rings. The topological polar surface area (TPSA) is 63.7 Å². The molecule has 0 aromatic rings. The molecule has 0 unspecified atom stereocenters. The van der Waals surface area contributed by atoms with E-state index in [0.29, 0.717) is 0 Å². The van der Waals surface area contributed by atoms with Gasteiger partial charge < -0.3 is 4.74 Å². The van der Waals surface area contributed by atoms with E-state index in [4.69, 9.17) is 11.6 Å². The number of imide groups is 1. The van der Waals surface area contributed by atoms with E-state index in [2.05, 4.69) is 4.74 Å². The third-order valence-corrected chi connectivity index (χ3v) is 2.00. The highest BCUT2D eigenvalue weighted by atomic mass is 35.5. The molecule has 0 aliphatic carbocycles. The van der Waals surface area contributed by atoms with Crippen molar-refractivity contribution in [1.82, 2.24) is 4.90 Å². The van der Waals surface area contributed by atoms with Crippen LogP contribution in [0.25, 0.3) is 0 Å². The Kier molecular flexibility index (Phi) is 2.56. The second-order valence-electron chi connectivity index (χ2n) is 2.73. The summed E-state index contributed by atoms with van der Waals surface area (Å²) in [5.74, 6) is -0.548. The number of halogens is 1. The second-order valence-corrected chi connectivity index (χ2v) is 3.10. The van der Waals surface area contributed by atoms with Crippen molar-refractivity contribution < 1.29 is 19.1 Å². The molecule has 2 atom stereocenters. The predicted molar refractivity (Wildman–Crippen MR) is 43.1 cm³/mol. The van der Waals surface area contributed by atoms with Gasteiger partial charge in [0, 0.05) is 6.92 Å². The summed E-state index contributed by atoms with van der Waals surface area (Å²) in [5.41, 5.74) is 0. The molecular weight excluding hydrogens is 198 g/mol. The SMILES string of the molecule is CC(=O)N1C(=O)O[C@H](C)[C@H]1C(=O)Cl. The van der Waals surface area contributed by atoms with Crippen LogP contribution in [-0.2, 0) is 14.3 Å². The van der Waals surface area contributed by atoms with E-state index < -0.39 is 29.4 Å². The van der Waals surface area contributed by atoms with Crippen molar-refractivity contribution in [3.63, 3.8) is 0 Å². The first-order valence-corrected chi connectivity index (χ1v) is 4.02. The Bertz CT molecular complexity index is 278. The van der Waals surface area contributed by atoms with Gasteiger partial charge in [0.2, 0.25) is 11.1 Å². The van der Waals surface area contributed by atoms with Crippen molar-refractivity contribution in [3.8, 4) is 0 Å². The molecule has 0 spiro atoms. The molecule has 1 saturated heterocycles. The maximum Gasteiger partial charge on any atom is 0.417 e. The Morgan fingerprint density at radius 3 is 2.38 bits per heavy atom. The lowest BCUT2D eigenvalue weighted by Gasteiger charge is -2.15. The van der Waals surface area contributed by atoms with E-state index in [9.17, 15) is 14.4 Å². The van der Waals surface area contributed by atoms with Gasteiger partial charge in [-0.25, -0.2) is 9.69 Å². The van der Waals surface area contributed by atoms with Gasteiger partial charge in [0.25, 0.3) is 0 Å². The molecule has 13 heavy (non-hydrogen) atoms. The average molecular weight is 206 g/mol. The molecule has 0 aromatic heterocycles. The van der Waals surface area contributed by atoms with Crippen LogP contribution in [0.2, 0.25) is 0 Å². The number of ether oxygens (including phenoxy) is 1. The Hall–Kier alpha value is -1.10. The minimum absolute atomic E-state index is 0.548. The number of carbonyl (C=O) groups is 3. The summed E-state index contributed by atoms with van der Waals surface area (Å²) < 4.78 is 4.67. The number of hydrogen-bond acceptors (Lipinski definition) is 4. The first-order chi connectivity index (χ1) is 5.95. The molecule has 0 bridgehead atoms. The molecule has 2 amide bonds. The quantitative estimate of drug-likeness (QED) is 0.585. The lowest BCUT2D eigenvalue weighted by molar-refractivity contribution is -0.130. The van der Waals surface area contributed by atoms with Crippen LogP contribution in [0.3, 0.4) is 0 Å². The zero-order valence-electron chi connectivity index (χ0n) is 7.11. The molecule has 1 aliphatic heterocycles. The molecule has 0 aromatic carbocycles. The van der Waals surface area contributed by atoms with Crippen LogP contribution in [-0.4, -0.2) is 34.3 Å². The monoisotopic (exact) mass is 205 g/mol. The summed E-state index contributed by atoms with van der Waals surface area (Å²) in [6.45, 7) is 2.68. The van der Waals surface area contributed by atoms with Crippen molar-refractivity contribution in [2.45, 2.75) is 26.0 Å². The molecule has 5 nitrogen and oxygen atoms in total.